The fourth-order valence-electron chi connectivity index (χ4n) is 2.56. The van der Waals surface area contributed by atoms with Gasteiger partial charge in [-0.3, -0.25) is 0 Å². The summed E-state index contributed by atoms with van der Waals surface area (Å²) in [7, 11) is 0. The number of hydrogen-bond acceptors (Lipinski definition) is 1. The third-order valence-corrected chi connectivity index (χ3v) is 3.93. The maximum atomic E-state index is 3.56. The van der Waals surface area contributed by atoms with Gasteiger partial charge in [-0.15, -0.1) is 0 Å². The van der Waals surface area contributed by atoms with E-state index >= 15 is 0 Å². The van der Waals surface area contributed by atoms with Crippen molar-refractivity contribution in [1.29, 1.82) is 0 Å². The van der Waals surface area contributed by atoms with E-state index in [1.807, 2.05) is 0 Å². The fraction of sp³-hybridized carbons (Fsp3) is 0.368. The number of nitrogens with one attached hydrogen (secondary N) is 1. The summed E-state index contributed by atoms with van der Waals surface area (Å²) in [6.07, 6.45) is 5.07. The van der Waals surface area contributed by atoms with Gasteiger partial charge in [-0.2, -0.15) is 0 Å². The van der Waals surface area contributed by atoms with Gasteiger partial charge in [0.1, 0.15) is 0 Å². The van der Waals surface area contributed by atoms with Crippen molar-refractivity contribution in [2.24, 2.45) is 0 Å². The molecule has 0 heterocycles. The van der Waals surface area contributed by atoms with Crippen molar-refractivity contribution in [2.75, 3.05) is 0 Å². The average Bonchev–Trinajstić information content (AvgIpc) is 3.31. The lowest BCUT2D eigenvalue weighted by Gasteiger charge is -2.07. The van der Waals surface area contributed by atoms with Crippen molar-refractivity contribution in [3.8, 4) is 11.1 Å². The standard InChI is InChI=1S/C19H23N/c1-2-4-15-5-3-6-18(13-15)17-9-7-16(8-10-17)14-20-19-11-12-19/h3,5-10,13,19-20H,2,4,11-12,14H2,1H3. The Morgan fingerprint density at radius 1 is 0.950 bits per heavy atom. The lowest BCUT2D eigenvalue weighted by atomic mass is 10.00. The molecule has 0 spiro atoms. The molecule has 104 valence electrons. The topological polar surface area (TPSA) is 12.0 Å². The Kier molecular flexibility index (Phi) is 4.17. The minimum absolute atomic E-state index is 0.778. The third-order valence-electron chi connectivity index (χ3n) is 3.93. The second-order valence-electron chi connectivity index (χ2n) is 5.80. The normalized spacial score (nSPS) is 14.4. The van der Waals surface area contributed by atoms with Gasteiger partial charge in [-0.25, -0.2) is 0 Å². The highest BCUT2D eigenvalue weighted by Crippen LogP contribution is 2.23. The summed E-state index contributed by atoms with van der Waals surface area (Å²) in [5, 5.41) is 3.56. The zero-order valence-electron chi connectivity index (χ0n) is 12.2. The molecule has 1 fully saturated rings. The first kappa shape index (κ1) is 13.4. The average molecular weight is 265 g/mol. The van der Waals surface area contributed by atoms with Crippen LogP contribution in [0.4, 0.5) is 0 Å². The number of benzene rings is 2. The Balaban J connectivity index is 1.70. The van der Waals surface area contributed by atoms with Crippen LogP contribution in [0.2, 0.25) is 0 Å². The molecule has 1 aliphatic rings. The number of rotatable bonds is 6. The van der Waals surface area contributed by atoms with E-state index in [0.717, 1.165) is 19.0 Å². The monoisotopic (exact) mass is 265 g/mol. The van der Waals surface area contributed by atoms with Gasteiger partial charge in [0.05, 0.1) is 0 Å². The smallest absolute Gasteiger partial charge is 0.0208 e. The molecule has 0 saturated heterocycles. The van der Waals surface area contributed by atoms with Crippen LogP contribution in [0.5, 0.6) is 0 Å². The van der Waals surface area contributed by atoms with E-state index in [1.54, 1.807) is 0 Å². The largest absolute Gasteiger partial charge is 0.310 e. The summed E-state index contributed by atoms with van der Waals surface area (Å²) in [6, 6.07) is 18.7. The molecule has 20 heavy (non-hydrogen) atoms. The predicted octanol–water partition coefficient (Wildman–Crippen LogP) is 4.56. The zero-order valence-corrected chi connectivity index (χ0v) is 12.2. The van der Waals surface area contributed by atoms with Crippen LogP contribution in [0.3, 0.4) is 0 Å². The molecule has 1 heteroatoms. The molecular formula is C19H23N. The van der Waals surface area contributed by atoms with Gasteiger partial charge in [0.2, 0.25) is 0 Å². The molecule has 2 aromatic carbocycles. The van der Waals surface area contributed by atoms with Crippen molar-refractivity contribution in [3.63, 3.8) is 0 Å². The van der Waals surface area contributed by atoms with Gasteiger partial charge in [-0.05, 0) is 41.5 Å². The molecule has 0 bridgehead atoms. The van der Waals surface area contributed by atoms with Crippen molar-refractivity contribution in [3.05, 3.63) is 59.7 Å². The maximum Gasteiger partial charge on any atom is 0.0208 e. The van der Waals surface area contributed by atoms with Gasteiger partial charge in [0.15, 0.2) is 0 Å². The second-order valence-corrected chi connectivity index (χ2v) is 5.80. The van der Waals surface area contributed by atoms with Crippen LogP contribution in [-0.2, 0) is 13.0 Å². The lowest BCUT2D eigenvalue weighted by molar-refractivity contribution is 0.688. The zero-order chi connectivity index (χ0) is 13.8. The summed E-state index contributed by atoms with van der Waals surface area (Å²) in [5.41, 5.74) is 5.46. The molecule has 1 N–H and O–H groups in total. The number of hydrogen-bond donors (Lipinski definition) is 1. The molecule has 1 saturated carbocycles. The van der Waals surface area contributed by atoms with Gasteiger partial charge in [0.25, 0.3) is 0 Å². The minimum atomic E-state index is 0.778. The quantitative estimate of drug-likeness (QED) is 0.807. The third kappa shape index (κ3) is 3.49. The van der Waals surface area contributed by atoms with Gasteiger partial charge >= 0.3 is 0 Å². The second kappa shape index (κ2) is 6.23. The number of aryl methyl sites for hydroxylation is 1. The predicted molar refractivity (Wildman–Crippen MR) is 85.7 cm³/mol. The Bertz CT molecular complexity index is 552. The van der Waals surface area contributed by atoms with Crippen molar-refractivity contribution in [2.45, 2.75) is 45.2 Å². The van der Waals surface area contributed by atoms with Crippen LogP contribution in [0.1, 0.15) is 37.3 Å². The molecule has 0 unspecified atom stereocenters. The fourth-order valence-corrected chi connectivity index (χ4v) is 2.56. The molecular weight excluding hydrogens is 242 g/mol. The first-order valence-corrected chi connectivity index (χ1v) is 7.77. The van der Waals surface area contributed by atoms with E-state index < -0.39 is 0 Å². The molecule has 0 aromatic heterocycles. The Hall–Kier alpha value is -1.60. The molecule has 0 aliphatic heterocycles. The molecule has 0 amide bonds. The molecule has 2 aromatic rings. The molecule has 0 atom stereocenters. The van der Waals surface area contributed by atoms with E-state index in [-0.39, 0.29) is 0 Å². The maximum absolute atomic E-state index is 3.56. The van der Waals surface area contributed by atoms with E-state index in [9.17, 15) is 0 Å². The summed E-state index contributed by atoms with van der Waals surface area (Å²) in [6.45, 7) is 3.23. The SMILES string of the molecule is CCCc1cccc(-c2ccc(CNC3CC3)cc2)c1. The first-order valence-electron chi connectivity index (χ1n) is 7.77. The van der Waals surface area contributed by atoms with Crippen LogP contribution >= 0.6 is 0 Å². The van der Waals surface area contributed by atoms with Gasteiger partial charge in [0, 0.05) is 12.6 Å². The summed E-state index contributed by atoms with van der Waals surface area (Å²) < 4.78 is 0. The van der Waals surface area contributed by atoms with Crippen LogP contribution < -0.4 is 5.32 Å². The van der Waals surface area contributed by atoms with E-state index in [0.29, 0.717) is 0 Å². The van der Waals surface area contributed by atoms with Crippen molar-refractivity contribution in [1.82, 2.24) is 5.32 Å². The highest BCUT2D eigenvalue weighted by atomic mass is 14.9. The van der Waals surface area contributed by atoms with E-state index in [4.69, 9.17) is 0 Å². The van der Waals surface area contributed by atoms with Crippen LogP contribution in [0.25, 0.3) is 11.1 Å². The van der Waals surface area contributed by atoms with E-state index in [1.165, 1.54) is 41.5 Å². The minimum Gasteiger partial charge on any atom is -0.310 e. The van der Waals surface area contributed by atoms with Crippen LogP contribution in [0, 0.1) is 0 Å². The highest BCUT2D eigenvalue weighted by molar-refractivity contribution is 5.64. The summed E-state index contributed by atoms with van der Waals surface area (Å²) in [5.74, 6) is 0. The van der Waals surface area contributed by atoms with Crippen molar-refractivity contribution < 1.29 is 0 Å². The summed E-state index contributed by atoms with van der Waals surface area (Å²) in [4.78, 5) is 0. The van der Waals surface area contributed by atoms with E-state index in [2.05, 4.69) is 60.8 Å². The van der Waals surface area contributed by atoms with Crippen molar-refractivity contribution >= 4 is 0 Å². The lowest BCUT2D eigenvalue weighted by Crippen LogP contribution is -2.14. The molecule has 3 rings (SSSR count). The van der Waals surface area contributed by atoms with Crippen LogP contribution in [-0.4, -0.2) is 6.04 Å². The Morgan fingerprint density at radius 2 is 1.75 bits per heavy atom. The van der Waals surface area contributed by atoms with Crippen LogP contribution in [0.15, 0.2) is 48.5 Å². The highest BCUT2D eigenvalue weighted by Gasteiger charge is 2.19. The Labute approximate surface area is 122 Å². The van der Waals surface area contributed by atoms with Gasteiger partial charge in [-0.1, -0.05) is 61.9 Å². The molecule has 1 nitrogen and oxygen atoms in total. The molecule has 1 aliphatic carbocycles. The van der Waals surface area contributed by atoms with Gasteiger partial charge < -0.3 is 5.32 Å². The molecule has 0 radical (unpaired) electrons. The first-order chi connectivity index (χ1) is 9.85. The Morgan fingerprint density at radius 3 is 2.45 bits per heavy atom. The summed E-state index contributed by atoms with van der Waals surface area (Å²) >= 11 is 0.